The van der Waals surface area contributed by atoms with Crippen LogP contribution in [0, 0.1) is 11.6 Å². The molecule has 0 amide bonds. The summed E-state index contributed by atoms with van der Waals surface area (Å²) < 4.78 is 31.5. The van der Waals surface area contributed by atoms with E-state index < -0.39 is 11.6 Å². The van der Waals surface area contributed by atoms with Gasteiger partial charge in [-0.3, -0.25) is 4.98 Å². The van der Waals surface area contributed by atoms with Crippen molar-refractivity contribution >= 4 is 5.84 Å². The molecule has 2 aromatic rings. The lowest BCUT2D eigenvalue weighted by Crippen LogP contribution is -2.14. The van der Waals surface area contributed by atoms with E-state index in [1.807, 2.05) is 0 Å². The molecule has 2 rings (SSSR count). The van der Waals surface area contributed by atoms with Crippen molar-refractivity contribution in [3.8, 4) is 11.5 Å². The summed E-state index contributed by atoms with van der Waals surface area (Å²) in [5, 5.41) is 11.5. The Labute approximate surface area is 107 Å². The second kappa shape index (κ2) is 5.30. The highest BCUT2D eigenvalue weighted by Gasteiger charge is 2.12. The standard InChI is InChI=1S/C12H9F2N3O2/c13-7-1-2-10(9(14)5-7)19-11-6-16-4-3-8(11)12(15)17-18/h1-6,18H,(H2,15,17). The number of amidine groups is 1. The van der Waals surface area contributed by atoms with Gasteiger partial charge in [0.1, 0.15) is 5.82 Å². The van der Waals surface area contributed by atoms with Gasteiger partial charge < -0.3 is 15.7 Å². The number of benzene rings is 1. The van der Waals surface area contributed by atoms with E-state index in [-0.39, 0.29) is 22.9 Å². The van der Waals surface area contributed by atoms with Gasteiger partial charge in [-0.1, -0.05) is 5.16 Å². The molecule has 98 valence electrons. The smallest absolute Gasteiger partial charge is 0.173 e. The molecule has 0 fully saturated rings. The van der Waals surface area contributed by atoms with Crippen molar-refractivity contribution in [2.24, 2.45) is 10.9 Å². The van der Waals surface area contributed by atoms with Crippen LogP contribution < -0.4 is 10.5 Å². The molecule has 0 aliphatic carbocycles. The van der Waals surface area contributed by atoms with E-state index in [1.54, 1.807) is 0 Å². The number of hydrogen-bond acceptors (Lipinski definition) is 4. The average Bonchev–Trinajstić information content (AvgIpc) is 2.41. The Hall–Kier alpha value is -2.70. The molecule has 0 aliphatic rings. The third-order valence-corrected chi connectivity index (χ3v) is 2.28. The minimum Gasteiger partial charge on any atom is -0.452 e. The van der Waals surface area contributed by atoms with E-state index in [0.717, 1.165) is 12.1 Å². The average molecular weight is 265 g/mol. The fourth-order valence-corrected chi connectivity index (χ4v) is 1.40. The summed E-state index contributed by atoms with van der Waals surface area (Å²) in [5.41, 5.74) is 5.69. The van der Waals surface area contributed by atoms with Gasteiger partial charge in [0.05, 0.1) is 11.8 Å². The van der Waals surface area contributed by atoms with Crippen LogP contribution in [0.4, 0.5) is 8.78 Å². The number of hydrogen-bond donors (Lipinski definition) is 2. The Morgan fingerprint density at radius 1 is 1.26 bits per heavy atom. The van der Waals surface area contributed by atoms with Crippen molar-refractivity contribution in [2.75, 3.05) is 0 Å². The molecule has 0 saturated heterocycles. The van der Waals surface area contributed by atoms with Crippen LogP contribution in [0.3, 0.4) is 0 Å². The lowest BCUT2D eigenvalue weighted by atomic mass is 10.2. The summed E-state index contributed by atoms with van der Waals surface area (Å²) in [4.78, 5) is 3.79. The second-order valence-corrected chi connectivity index (χ2v) is 3.53. The molecule has 0 aliphatic heterocycles. The maximum Gasteiger partial charge on any atom is 0.173 e. The van der Waals surface area contributed by atoms with Gasteiger partial charge in [-0.25, -0.2) is 8.78 Å². The largest absolute Gasteiger partial charge is 0.452 e. The van der Waals surface area contributed by atoms with E-state index in [2.05, 4.69) is 10.1 Å². The number of nitrogens with two attached hydrogens (primary N) is 1. The molecule has 0 spiro atoms. The first-order valence-electron chi connectivity index (χ1n) is 5.16. The Morgan fingerprint density at radius 3 is 2.74 bits per heavy atom. The van der Waals surface area contributed by atoms with Gasteiger partial charge >= 0.3 is 0 Å². The third kappa shape index (κ3) is 2.76. The third-order valence-electron chi connectivity index (χ3n) is 2.28. The molecule has 3 N–H and O–H groups in total. The van der Waals surface area contributed by atoms with Crippen molar-refractivity contribution in [3.63, 3.8) is 0 Å². The quantitative estimate of drug-likeness (QED) is 0.386. The van der Waals surface area contributed by atoms with E-state index in [1.165, 1.54) is 18.5 Å². The summed E-state index contributed by atoms with van der Waals surface area (Å²) in [6, 6.07) is 4.31. The SMILES string of the molecule is N/C(=N/O)c1ccncc1Oc1ccc(F)cc1F. The monoisotopic (exact) mass is 265 g/mol. The van der Waals surface area contributed by atoms with E-state index in [0.29, 0.717) is 6.07 Å². The summed E-state index contributed by atoms with van der Waals surface area (Å²) >= 11 is 0. The molecule has 1 aromatic heterocycles. The molecule has 19 heavy (non-hydrogen) atoms. The molecular formula is C12H9F2N3O2. The molecular weight excluding hydrogens is 256 g/mol. The highest BCUT2D eigenvalue weighted by atomic mass is 19.1. The summed E-state index contributed by atoms with van der Waals surface area (Å²) in [5.74, 6) is -1.90. The summed E-state index contributed by atoms with van der Waals surface area (Å²) in [7, 11) is 0. The number of nitrogens with zero attached hydrogens (tertiary/aromatic N) is 2. The molecule has 1 aromatic carbocycles. The molecule has 5 nitrogen and oxygen atoms in total. The number of aromatic nitrogens is 1. The fourth-order valence-electron chi connectivity index (χ4n) is 1.40. The minimum atomic E-state index is -0.866. The topological polar surface area (TPSA) is 80.7 Å². The molecule has 1 heterocycles. The van der Waals surface area contributed by atoms with Crippen LogP contribution in [0.25, 0.3) is 0 Å². The van der Waals surface area contributed by atoms with Gasteiger partial charge in [0.25, 0.3) is 0 Å². The zero-order chi connectivity index (χ0) is 13.8. The highest BCUT2D eigenvalue weighted by Crippen LogP contribution is 2.27. The van der Waals surface area contributed by atoms with Gasteiger partial charge in [0.2, 0.25) is 0 Å². The van der Waals surface area contributed by atoms with Crippen molar-refractivity contribution in [1.29, 1.82) is 0 Å². The van der Waals surface area contributed by atoms with Gasteiger partial charge in [-0.2, -0.15) is 0 Å². The maximum atomic E-state index is 13.5. The number of pyridine rings is 1. The fraction of sp³-hybridized carbons (Fsp3) is 0. The molecule has 7 heteroatoms. The maximum absolute atomic E-state index is 13.5. The highest BCUT2D eigenvalue weighted by molar-refractivity contribution is 5.99. The predicted octanol–water partition coefficient (Wildman–Crippen LogP) is 2.25. The number of oxime groups is 1. The number of rotatable bonds is 3. The van der Waals surface area contributed by atoms with E-state index in [4.69, 9.17) is 15.7 Å². The zero-order valence-electron chi connectivity index (χ0n) is 9.55. The lowest BCUT2D eigenvalue weighted by molar-refractivity contribution is 0.318. The van der Waals surface area contributed by atoms with Crippen LogP contribution in [0.5, 0.6) is 11.5 Å². The molecule has 0 atom stereocenters. The molecule has 0 radical (unpaired) electrons. The number of halogens is 2. The van der Waals surface area contributed by atoms with Crippen molar-refractivity contribution in [1.82, 2.24) is 4.98 Å². The van der Waals surface area contributed by atoms with Gasteiger partial charge in [-0.15, -0.1) is 0 Å². The summed E-state index contributed by atoms with van der Waals surface area (Å²) in [6.45, 7) is 0. The molecule has 0 saturated carbocycles. The first kappa shape index (κ1) is 12.7. The lowest BCUT2D eigenvalue weighted by Gasteiger charge is -2.10. The van der Waals surface area contributed by atoms with Crippen molar-refractivity contribution in [3.05, 3.63) is 53.9 Å². The predicted molar refractivity (Wildman–Crippen MR) is 63.2 cm³/mol. The van der Waals surface area contributed by atoms with Gasteiger partial charge in [-0.05, 0) is 18.2 Å². The second-order valence-electron chi connectivity index (χ2n) is 3.53. The zero-order valence-corrected chi connectivity index (χ0v) is 9.55. The number of ether oxygens (including phenoxy) is 1. The van der Waals surface area contributed by atoms with Gasteiger partial charge in [0.15, 0.2) is 23.2 Å². The van der Waals surface area contributed by atoms with Crippen molar-refractivity contribution in [2.45, 2.75) is 0 Å². The van der Waals surface area contributed by atoms with Crippen LogP contribution in [0.15, 0.2) is 41.8 Å². The Kier molecular flexibility index (Phi) is 3.56. The van der Waals surface area contributed by atoms with Crippen LogP contribution in [-0.4, -0.2) is 16.0 Å². The Balaban J connectivity index is 2.38. The molecule has 0 unspecified atom stereocenters. The van der Waals surface area contributed by atoms with Crippen LogP contribution >= 0.6 is 0 Å². The van der Waals surface area contributed by atoms with E-state index >= 15 is 0 Å². The Morgan fingerprint density at radius 2 is 2.05 bits per heavy atom. The van der Waals surface area contributed by atoms with Gasteiger partial charge in [0, 0.05) is 12.3 Å². The Bertz CT molecular complexity index is 632. The van der Waals surface area contributed by atoms with E-state index in [9.17, 15) is 8.78 Å². The summed E-state index contributed by atoms with van der Waals surface area (Å²) in [6.07, 6.45) is 2.68. The van der Waals surface area contributed by atoms with Crippen LogP contribution in [-0.2, 0) is 0 Å². The van der Waals surface area contributed by atoms with Crippen LogP contribution in [0.2, 0.25) is 0 Å². The van der Waals surface area contributed by atoms with Crippen LogP contribution in [0.1, 0.15) is 5.56 Å². The van der Waals surface area contributed by atoms with Crippen molar-refractivity contribution < 1.29 is 18.7 Å². The normalized spacial score (nSPS) is 11.4. The minimum absolute atomic E-state index is 0.0864. The first-order valence-corrected chi connectivity index (χ1v) is 5.16. The first-order chi connectivity index (χ1) is 9.11. The molecule has 0 bridgehead atoms.